The second-order valence-electron chi connectivity index (χ2n) is 4.71. The third-order valence-electron chi connectivity index (χ3n) is 3.38. The molecule has 0 bridgehead atoms. The first kappa shape index (κ1) is 14.1. The molecule has 0 aliphatic rings. The summed E-state index contributed by atoms with van der Waals surface area (Å²) in [6, 6.07) is 8.40. The van der Waals surface area contributed by atoms with Crippen LogP contribution >= 0.6 is 38.9 Å². The van der Waals surface area contributed by atoms with Gasteiger partial charge in [-0.3, -0.25) is 0 Å². The number of nitrogens with zero attached hydrogens (tertiary/aromatic N) is 2. The van der Waals surface area contributed by atoms with Gasteiger partial charge in [-0.15, -0.1) is 22.9 Å². The first-order valence-electron chi connectivity index (χ1n) is 6.42. The second kappa shape index (κ2) is 5.88. The summed E-state index contributed by atoms with van der Waals surface area (Å²) in [4.78, 5) is 6.10. The van der Waals surface area contributed by atoms with Crippen LogP contribution in [0.15, 0.2) is 34.1 Å². The highest BCUT2D eigenvalue weighted by molar-refractivity contribution is 9.10. The lowest BCUT2D eigenvalue weighted by Crippen LogP contribution is -2.05. The van der Waals surface area contributed by atoms with Crippen LogP contribution in [0.25, 0.3) is 11.0 Å². The molecule has 20 heavy (non-hydrogen) atoms. The van der Waals surface area contributed by atoms with E-state index in [0.29, 0.717) is 5.88 Å². The lowest BCUT2D eigenvalue weighted by molar-refractivity contribution is 0.760. The predicted octanol–water partition coefficient (Wildman–Crippen LogP) is 5.00. The molecule has 0 saturated carbocycles. The summed E-state index contributed by atoms with van der Waals surface area (Å²) in [5.74, 6) is 1.65. The largest absolute Gasteiger partial charge is 0.323 e. The zero-order chi connectivity index (χ0) is 14.1. The number of imidazole rings is 1. The molecule has 2 aromatic heterocycles. The monoisotopic (exact) mass is 368 g/mol. The Balaban J connectivity index is 2.11. The Morgan fingerprint density at radius 1 is 1.35 bits per heavy atom. The Morgan fingerprint density at radius 3 is 2.90 bits per heavy atom. The van der Waals surface area contributed by atoms with Gasteiger partial charge < -0.3 is 4.57 Å². The quantitative estimate of drug-likeness (QED) is 0.592. The van der Waals surface area contributed by atoms with Gasteiger partial charge in [-0.2, -0.15) is 0 Å². The molecule has 2 nitrogen and oxygen atoms in total. The molecule has 0 saturated heterocycles. The number of fused-ring (bicyclic) bond motifs is 1. The minimum absolute atomic E-state index is 0.591. The molecule has 5 heteroatoms. The summed E-state index contributed by atoms with van der Waals surface area (Å²) in [6.07, 6.45) is 0.790. The third kappa shape index (κ3) is 2.65. The molecule has 0 atom stereocenters. The maximum absolute atomic E-state index is 5.92. The highest BCUT2D eigenvalue weighted by atomic mass is 79.9. The van der Waals surface area contributed by atoms with Crippen molar-refractivity contribution in [2.75, 3.05) is 5.88 Å². The van der Waals surface area contributed by atoms with E-state index in [1.54, 1.807) is 11.3 Å². The second-order valence-corrected chi connectivity index (χ2v) is 7.01. The van der Waals surface area contributed by atoms with Gasteiger partial charge in [0, 0.05) is 21.7 Å². The Labute approximate surface area is 135 Å². The van der Waals surface area contributed by atoms with Crippen LogP contribution in [0, 0.1) is 6.92 Å². The molecule has 0 spiro atoms. The molecule has 2 heterocycles. The number of halogens is 2. The summed E-state index contributed by atoms with van der Waals surface area (Å²) in [5, 5.41) is 2.14. The summed E-state index contributed by atoms with van der Waals surface area (Å²) < 4.78 is 3.34. The van der Waals surface area contributed by atoms with Crippen molar-refractivity contribution >= 4 is 49.9 Å². The number of aryl methyl sites for hydroxylation is 2. The van der Waals surface area contributed by atoms with Gasteiger partial charge in [-0.05, 0) is 42.1 Å². The van der Waals surface area contributed by atoms with Crippen molar-refractivity contribution in [3.63, 3.8) is 0 Å². The number of hydrogen-bond donors (Lipinski definition) is 0. The van der Waals surface area contributed by atoms with Gasteiger partial charge in [-0.25, -0.2) is 4.98 Å². The van der Waals surface area contributed by atoms with Crippen molar-refractivity contribution in [2.24, 2.45) is 0 Å². The fourth-order valence-corrected chi connectivity index (χ4v) is 3.73. The average molecular weight is 370 g/mol. The molecule has 3 rings (SSSR count). The maximum Gasteiger partial charge on any atom is 0.111 e. The fourth-order valence-electron chi connectivity index (χ4n) is 2.31. The fraction of sp³-hybridized carbons (Fsp3) is 0.267. The van der Waals surface area contributed by atoms with Crippen molar-refractivity contribution < 1.29 is 0 Å². The molecule has 0 unspecified atom stereocenters. The molecule has 0 N–H and O–H groups in total. The van der Waals surface area contributed by atoms with Crippen molar-refractivity contribution in [2.45, 2.75) is 19.9 Å². The van der Waals surface area contributed by atoms with Crippen LogP contribution in [0.2, 0.25) is 0 Å². The Morgan fingerprint density at radius 2 is 2.20 bits per heavy atom. The normalized spacial score (nSPS) is 11.3. The van der Waals surface area contributed by atoms with Crippen LogP contribution < -0.4 is 0 Å². The highest BCUT2D eigenvalue weighted by Crippen LogP contribution is 2.25. The van der Waals surface area contributed by atoms with E-state index in [4.69, 9.17) is 16.6 Å². The van der Waals surface area contributed by atoms with Gasteiger partial charge in [0.2, 0.25) is 0 Å². The van der Waals surface area contributed by atoms with Gasteiger partial charge >= 0.3 is 0 Å². The summed E-state index contributed by atoms with van der Waals surface area (Å²) in [5.41, 5.74) is 3.53. The molecule has 0 fully saturated rings. The number of thiophene rings is 1. The Bertz CT molecular complexity index is 747. The lowest BCUT2D eigenvalue weighted by Gasteiger charge is -2.08. The van der Waals surface area contributed by atoms with Crippen LogP contribution in [-0.2, 0) is 13.0 Å². The van der Waals surface area contributed by atoms with Crippen LogP contribution in [-0.4, -0.2) is 15.4 Å². The van der Waals surface area contributed by atoms with Gasteiger partial charge in [0.15, 0.2) is 0 Å². The van der Waals surface area contributed by atoms with E-state index >= 15 is 0 Å². The number of hydrogen-bond acceptors (Lipinski definition) is 2. The molecule has 0 aliphatic heterocycles. The standard InChI is InChI=1S/C15H14BrClN2S/c1-10-5-7-20-14(10)9-19-13-3-2-11(16)8-12(13)18-15(19)4-6-17/h2-3,5,7-8H,4,6,9H2,1H3. The van der Waals surface area contributed by atoms with Gasteiger partial charge in [0.1, 0.15) is 5.82 Å². The predicted molar refractivity (Wildman–Crippen MR) is 90.0 cm³/mol. The molecule has 0 amide bonds. The van der Waals surface area contributed by atoms with E-state index in [1.165, 1.54) is 16.0 Å². The molecular formula is C15H14BrClN2S. The van der Waals surface area contributed by atoms with Gasteiger partial charge in [0.25, 0.3) is 0 Å². The Kier molecular flexibility index (Phi) is 4.15. The molecule has 104 valence electrons. The molecule has 1 aromatic carbocycles. The summed E-state index contributed by atoms with van der Waals surface area (Å²) in [7, 11) is 0. The minimum atomic E-state index is 0.591. The first-order valence-corrected chi connectivity index (χ1v) is 8.63. The number of alkyl halides is 1. The van der Waals surface area contributed by atoms with Crippen molar-refractivity contribution in [3.05, 3.63) is 50.4 Å². The van der Waals surface area contributed by atoms with Crippen molar-refractivity contribution in [3.8, 4) is 0 Å². The van der Waals surface area contributed by atoms with E-state index in [-0.39, 0.29) is 0 Å². The minimum Gasteiger partial charge on any atom is -0.323 e. The maximum atomic E-state index is 5.92. The van der Waals surface area contributed by atoms with Crippen molar-refractivity contribution in [1.29, 1.82) is 0 Å². The smallest absolute Gasteiger partial charge is 0.111 e. The highest BCUT2D eigenvalue weighted by Gasteiger charge is 2.12. The molecule has 3 aromatic rings. The molecule has 0 aliphatic carbocycles. The Hall–Kier alpha value is -0.840. The van der Waals surface area contributed by atoms with Crippen molar-refractivity contribution in [1.82, 2.24) is 9.55 Å². The van der Waals surface area contributed by atoms with E-state index < -0.39 is 0 Å². The first-order chi connectivity index (χ1) is 9.69. The van der Waals surface area contributed by atoms with Crippen LogP contribution in [0.4, 0.5) is 0 Å². The number of benzene rings is 1. The van der Waals surface area contributed by atoms with Crippen LogP contribution in [0.5, 0.6) is 0 Å². The SMILES string of the molecule is Cc1ccsc1Cn1c(CCCl)nc2cc(Br)ccc21. The molecular weight excluding hydrogens is 356 g/mol. The van der Waals surface area contributed by atoms with Crippen LogP contribution in [0.3, 0.4) is 0 Å². The average Bonchev–Trinajstić information content (AvgIpc) is 2.96. The van der Waals surface area contributed by atoms with E-state index in [1.807, 2.05) is 0 Å². The topological polar surface area (TPSA) is 17.8 Å². The number of rotatable bonds is 4. The molecule has 0 radical (unpaired) electrons. The van der Waals surface area contributed by atoms with E-state index in [0.717, 1.165) is 28.8 Å². The van der Waals surface area contributed by atoms with Crippen LogP contribution in [0.1, 0.15) is 16.3 Å². The van der Waals surface area contributed by atoms with Gasteiger partial charge in [-0.1, -0.05) is 15.9 Å². The summed E-state index contributed by atoms with van der Waals surface area (Å²) in [6.45, 7) is 3.02. The zero-order valence-corrected chi connectivity index (χ0v) is 14.2. The third-order valence-corrected chi connectivity index (χ3v) is 5.07. The van der Waals surface area contributed by atoms with Gasteiger partial charge in [0.05, 0.1) is 17.6 Å². The van der Waals surface area contributed by atoms with E-state index in [2.05, 4.69) is 57.1 Å². The van der Waals surface area contributed by atoms with E-state index in [9.17, 15) is 0 Å². The zero-order valence-electron chi connectivity index (χ0n) is 11.1. The number of aromatic nitrogens is 2. The lowest BCUT2D eigenvalue weighted by atomic mass is 10.2. The summed E-state index contributed by atoms with van der Waals surface area (Å²) >= 11 is 11.2.